The minimum absolute atomic E-state index is 0.113. The summed E-state index contributed by atoms with van der Waals surface area (Å²) in [6, 6.07) is 11.6. The summed E-state index contributed by atoms with van der Waals surface area (Å²) >= 11 is 3.33. The van der Waals surface area contributed by atoms with Gasteiger partial charge in [-0.2, -0.15) is 5.10 Å². The number of rotatable bonds is 5. The molecule has 0 aliphatic rings. The van der Waals surface area contributed by atoms with Crippen LogP contribution in [-0.4, -0.2) is 27.1 Å². The fourth-order valence-electron chi connectivity index (χ4n) is 2.95. The Balaban J connectivity index is 2.07. The van der Waals surface area contributed by atoms with E-state index in [4.69, 9.17) is 0 Å². The number of nitrogens with zero attached hydrogens (tertiary/aromatic N) is 3. The highest BCUT2D eigenvalue weighted by atomic mass is 79.9. The van der Waals surface area contributed by atoms with Crippen molar-refractivity contribution >= 4 is 32.6 Å². The Morgan fingerprint density at radius 2 is 1.89 bits per heavy atom. The summed E-state index contributed by atoms with van der Waals surface area (Å²) in [5, 5.41) is 5.23. The normalized spacial score (nSPS) is 11.0. The van der Waals surface area contributed by atoms with Crippen LogP contribution in [0.4, 0.5) is 4.39 Å². The molecule has 1 heterocycles. The maximum atomic E-state index is 14.1. The Hall–Kier alpha value is -2.54. The van der Waals surface area contributed by atoms with Gasteiger partial charge in [0, 0.05) is 35.1 Å². The van der Waals surface area contributed by atoms with Gasteiger partial charge in [0.2, 0.25) is 0 Å². The Morgan fingerprint density at radius 3 is 2.56 bits per heavy atom. The molecule has 0 bridgehead atoms. The summed E-state index contributed by atoms with van der Waals surface area (Å²) < 4.78 is 16.2. The zero-order chi connectivity index (χ0) is 19.6. The first-order chi connectivity index (χ1) is 13.0. The minimum Gasteiger partial charge on any atom is -0.333 e. The number of halogens is 2. The van der Waals surface area contributed by atoms with Gasteiger partial charge in [0.15, 0.2) is 5.69 Å². The van der Waals surface area contributed by atoms with E-state index < -0.39 is 0 Å². The molecule has 1 aromatic heterocycles. The third-order valence-corrected chi connectivity index (χ3v) is 4.90. The maximum absolute atomic E-state index is 14.1. The molecule has 0 radical (unpaired) electrons. The number of benzene rings is 2. The lowest BCUT2D eigenvalue weighted by atomic mass is 10.1. The summed E-state index contributed by atoms with van der Waals surface area (Å²) in [6.07, 6.45) is 0. The number of amides is 1. The van der Waals surface area contributed by atoms with Crippen LogP contribution in [0.2, 0.25) is 0 Å². The van der Waals surface area contributed by atoms with E-state index >= 15 is 0 Å². The third-order valence-electron chi connectivity index (χ3n) is 4.41. The van der Waals surface area contributed by atoms with Crippen molar-refractivity contribution in [3.8, 4) is 0 Å². The van der Waals surface area contributed by atoms with Crippen molar-refractivity contribution in [3.05, 3.63) is 74.4 Å². The monoisotopic (exact) mass is 431 g/mol. The highest BCUT2D eigenvalue weighted by molar-refractivity contribution is 9.10. The minimum atomic E-state index is -0.374. The van der Waals surface area contributed by atoms with Crippen molar-refractivity contribution < 1.29 is 9.18 Å². The van der Waals surface area contributed by atoms with E-state index in [1.54, 1.807) is 43.3 Å². The van der Waals surface area contributed by atoms with Crippen LogP contribution in [0.25, 0.3) is 10.8 Å². The van der Waals surface area contributed by atoms with Gasteiger partial charge in [0.25, 0.3) is 11.5 Å². The van der Waals surface area contributed by atoms with Crippen molar-refractivity contribution in [2.45, 2.75) is 26.9 Å². The number of aromatic nitrogens is 2. The lowest BCUT2D eigenvalue weighted by Crippen LogP contribution is -2.34. The Kier molecular flexibility index (Phi) is 5.70. The van der Waals surface area contributed by atoms with Gasteiger partial charge in [-0.25, -0.2) is 9.07 Å². The molecule has 2 aromatic carbocycles. The molecule has 0 saturated heterocycles. The smallest absolute Gasteiger partial charge is 0.275 e. The molecule has 0 unspecified atom stereocenters. The van der Waals surface area contributed by atoms with Crippen molar-refractivity contribution in [2.24, 2.45) is 0 Å². The summed E-state index contributed by atoms with van der Waals surface area (Å²) in [4.78, 5) is 27.2. The summed E-state index contributed by atoms with van der Waals surface area (Å²) in [5.41, 5.74) is 0.378. The van der Waals surface area contributed by atoms with Gasteiger partial charge < -0.3 is 4.90 Å². The molecule has 7 heteroatoms. The lowest BCUT2D eigenvalue weighted by molar-refractivity contribution is 0.0744. The maximum Gasteiger partial charge on any atom is 0.275 e. The fourth-order valence-corrected chi connectivity index (χ4v) is 3.36. The van der Waals surface area contributed by atoms with Crippen molar-refractivity contribution in [1.29, 1.82) is 0 Å². The van der Waals surface area contributed by atoms with E-state index in [0.29, 0.717) is 29.4 Å². The number of hydrogen-bond donors (Lipinski definition) is 0. The van der Waals surface area contributed by atoms with Gasteiger partial charge in [-0.3, -0.25) is 9.59 Å². The van der Waals surface area contributed by atoms with Gasteiger partial charge >= 0.3 is 0 Å². The summed E-state index contributed by atoms with van der Waals surface area (Å²) in [6.45, 7) is 4.47. The van der Waals surface area contributed by atoms with Crippen molar-refractivity contribution in [1.82, 2.24) is 14.7 Å². The SMILES string of the molecule is CCN(Cc1cc(Br)ccc1F)C(=O)c1nn(CC)c(=O)c2ccccc12. The third kappa shape index (κ3) is 3.78. The van der Waals surface area contributed by atoms with Crippen LogP contribution >= 0.6 is 15.9 Å². The molecule has 1 amide bonds. The number of hydrogen-bond acceptors (Lipinski definition) is 3. The average Bonchev–Trinajstić information content (AvgIpc) is 2.68. The molecule has 140 valence electrons. The molecule has 5 nitrogen and oxygen atoms in total. The van der Waals surface area contributed by atoms with Crippen LogP contribution in [0.15, 0.2) is 51.7 Å². The summed E-state index contributed by atoms with van der Waals surface area (Å²) in [7, 11) is 0. The first-order valence-electron chi connectivity index (χ1n) is 8.69. The average molecular weight is 432 g/mol. The highest BCUT2D eigenvalue weighted by Crippen LogP contribution is 2.20. The number of carbonyl (C=O) groups excluding carboxylic acids is 1. The Labute approximate surface area is 164 Å². The molecular weight excluding hydrogens is 413 g/mol. The number of fused-ring (bicyclic) bond motifs is 1. The first-order valence-corrected chi connectivity index (χ1v) is 9.48. The summed E-state index contributed by atoms with van der Waals surface area (Å²) in [5.74, 6) is -0.712. The lowest BCUT2D eigenvalue weighted by Gasteiger charge is -2.22. The second-order valence-electron chi connectivity index (χ2n) is 6.07. The molecule has 0 fully saturated rings. The van der Waals surface area contributed by atoms with E-state index in [2.05, 4.69) is 21.0 Å². The zero-order valence-electron chi connectivity index (χ0n) is 15.1. The van der Waals surface area contributed by atoms with E-state index in [-0.39, 0.29) is 29.5 Å². The molecule has 0 aliphatic heterocycles. The van der Waals surface area contributed by atoms with Gasteiger partial charge in [-0.1, -0.05) is 34.1 Å². The van der Waals surface area contributed by atoms with E-state index in [9.17, 15) is 14.0 Å². The van der Waals surface area contributed by atoms with Crippen LogP contribution in [0.5, 0.6) is 0 Å². The van der Waals surface area contributed by atoms with Gasteiger partial charge in [0.1, 0.15) is 5.82 Å². The second kappa shape index (κ2) is 8.00. The topological polar surface area (TPSA) is 55.2 Å². The van der Waals surface area contributed by atoms with E-state index in [1.165, 1.54) is 15.6 Å². The van der Waals surface area contributed by atoms with E-state index in [0.717, 1.165) is 4.47 Å². The molecule has 3 rings (SSSR count). The number of aryl methyl sites for hydroxylation is 1. The van der Waals surface area contributed by atoms with Crippen molar-refractivity contribution in [3.63, 3.8) is 0 Å². The molecule has 0 spiro atoms. The van der Waals surface area contributed by atoms with Gasteiger partial charge in [-0.15, -0.1) is 0 Å². The largest absolute Gasteiger partial charge is 0.333 e. The highest BCUT2D eigenvalue weighted by Gasteiger charge is 2.22. The van der Waals surface area contributed by atoms with Crippen LogP contribution in [0.3, 0.4) is 0 Å². The predicted octanol–water partition coefficient (Wildman–Crippen LogP) is 3.98. The predicted molar refractivity (Wildman–Crippen MR) is 106 cm³/mol. The standard InChI is InChI=1S/C20H19BrFN3O2/c1-3-24(12-13-11-14(21)9-10-17(13)22)20(27)18-15-7-5-6-8-16(15)19(26)25(4-2)23-18/h5-11H,3-4,12H2,1-2H3. The number of carbonyl (C=O) groups is 1. The van der Waals surface area contributed by atoms with Crippen LogP contribution < -0.4 is 5.56 Å². The molecule has 0 atom stereocenters. The molecule has 0 N–H and O–H groups in total. The molecule has 27 heavy (non-hydrogen) atoms. The van der Waals surface area contributed by atoms with Crippen molar-refractivity contribution in [2.75, 3.05) is 6.54 Å². The van der Waals surface area contributed by atoms with Crippen LogP contribution in [0.1, 0.15) is 29.9 Å². The Bertz CT molecular complexity index is 1060. The molecular formula is C20H19BrFN3O2. The fraction of sp³-hybridized carbons (Fsp3) is 0.250. The molecule has 0 saturated carbocycles. The molecule has 0 aliphatic carbocycles. The van der Waals surface area contributed by atoms with E-state index in [1.807, 2.05) is 6.92 Å². The van der Waals surface area contributed by atoms with Crippen LogP contribution in [-0.2, 0) is 13.1 Å². The quantitative estimate of drug-likeness (QED) is 0.613. The second-order valence-corrected chi connectivity index (χ2v) is 6.99. The molecule has 3 aromatic rings. The zero-order valence-corrected chi connectivity index (χ0v) is 16.7. The van der Waals surface area contributed by atoms with Gasteiger partial charge in [0.05, 0.1) is 5.39 Å². The van der Waals surface area contributed by atoms with Gasteiger partial charge in [-0.05, 0) is 38.1 Å². The first kappa shape index (κ1) is 19.2. The van der Waals surface area contributed by atoms with Crippen LogP contribution in [0, 0.1) is 5.82 Å². The Morgan fingerprint density at radius 1 is 1.19 bits per heavy atom.